The van der Waals surface area contributed by atoms with Crippen molar-refractivity contribution in [3.05, 3.63) is 0 Å². The smallest absolute Gasteiger partial charge is 0.335 e. The van der Waals surface area contributed by atoms with Gasteiger partial charge in [-0.2, -0.15) is 0 Å². The number of ether oxygens (including phenoxy) is 1. The first-order valence-corrected chi connectivity index (χ1v) is 6.45. The van der Waals surface area contributed by atoms with Gasteiger partial charge in [0.15, 0.2) is 5.60 Å². The van der Waals surface area contributed by atoms with Crippen molar-refractivity contribution in [2.45, 2.75) is 56.3 Å². The molecule has 122 valence electrons. The highest BCUT2D eigenvalue weighted by Crippen LogP contribution is 2.31. The zero-order valence-corrected chi connectivity index (χ0v) is 11.8. The maximum atomic E-state index is 11.2. The lowest BCUT2D eigenvalue weighted by Gasteiger charge is -2.45. The molecule has 1 saturated heterocycles. The quantitative estimate of drug-likeness (QED) is 0.318. The van der Waals surface area contributed by atoms with Gasteiger partial charge in [0, 0.05) is 13.3 Å². The summed E-state index contributed by atoms with van der Waals surface area (Å²) in [6.45, 7) is 1.62. The SMILES string of the molecule is CC(=O)NC1C([C@H](O)[C@H](O)CO)O[C@@](C)(C(=O)O)C[C@H]1O. The number of hydrogen-bond donors (Lipinski definition) is 6. The third-order valence-corrected chi connectivity index (χ3v) is 3.50. The number of carbonyl (C=O) groups is 2. The molecule has 1 heterocycles. The second kappa shape index (κ2) is 6.67. The molecule has 1 amide bonds. The normalized spacial score (nSPS) is 35.8. The minimum absolute atomic E-state index is 0.300. The lowest BCUT2D eigenvalue weighted by molar-refractivity contribution is -0.224. The van der Waals surface area contributed by atoms with Crippen molar-refractivity contribution >= 4 is 11.9 Å². The third kappa shape index (κ3) is 3.89. The minimum Gasteiger partial charge on any atom is -0.479 e. The summed E-state index contributed by atoms with van der Waals surface area (Å²) in [5.41, 5.74) is -1.78. The second-order valence-electron chi connectivity index (χ2n) is 5.36. The van der Waals surface area contributed by atoms with Crippen LogP contribution in [0.1, 0.15) is 20.3 Å². The van der Waals surface area contributed by atoms with Crippen LogP contribution in [0.5, 0.6) is 0 Å². The molecular formula is C12H21NO8. The number of amides is 1. The van der Waals surface area contributed by atoms with Crippen LogP contribution in [0.4, 0.5) is 0 Å². The highest BCUT2D eigenvalue weighted by Gasteiger charge is 2.51. The van der Waals surface area contributed by atoms with E-state index in [-0.39, 0.29) is 6.42 Å². The Morgan fingerprint density at radius 2 is 2.00 bits per heavy atom. The predicted octanol–water partition coefficient (Wildman–Crippen LogP) is -2.80. The Hall–Kier alpha value is -1.26. The number of aliphatic hydroxyl groups is 4. The monoisotopic (exact) mass is 307 g/mol. The summed E-state index contributed by atoms with van der Waals surface area (Å²) in [7, 11) is 0. The van der Waals surface area contributed by atoms with Crippen LogP contribution >= 0.6 is 0 Å². The van der Waals surface area contributed by atoms with Crippen LogP contribution in [-0.2, 0) is 14.3 Å². The van der Waals surface area contributed by atoms with Crippen LogP contribution in [0, 0.1) is 0 Å². The van der Waals surface area contributed by atoms with E-state index in [2.05, 4.69) is 5.32 Å². The maximum Gasteiger partial charge on any atom is 0.335 e. The van der Waals surface area contributed by atoms with E-state index in [4.69, 9.17) is 14.9 Å². The summed E-state index contributed by atoms with van der Waals surface area (Å²) in [4.78, 5) is 22.4. The average Bonchev–Trinajstić information content (AvgIpc) is 2.39. The fraction of sp³-hybridized carbons (Fsp3) is 0.833. The number of aliphatic carboxylic acids is 1. The fourth-order valence-corrected chi connectivity index (χ4v) is 2.33. The van der Waals surface area contributed by atoms with Gasteiger partial charge in [-0.1, -0.05) is 0 Å². The second-order valence-corrected chi connectivity index (χ2v) is 5.36. The highest BCUT2D eigenvalue weighted by atomic mass is 16.6. The molecule has 0 spiro atoms. The predicted molar refractivity (Wildman–Crippen MR) is 68.2 cm³/mol. The highest BCUT2D eigenvalue weighted by molar-refractivity contribution is 5.77. The van der Waals surface area contributed by atoms with Crippen molar-refractivity contribution in [2.24, 2.45) is 0 Å². The number of rotatable bonds is 5. The zero-order valence-electron chi connectivity index (χ0n) is 11.8. The number of hydrogen-bond acceptors (Lipinski definition) is 7. The van der Waals surface area contributed by atoms with Crippen molar-refractivity contribution in [1.82, 2.24) is 5.32 Å². The molecule has 0 aromatic carbocycles. The lowest BCUT2D eigenvalue weighted by Crippen LogP contribution is -2.66. The van der Waals surface area contributed by atoms with Gasteiger partial charge in [-0.05, 0) is 6.92 Å². The summed E-state index contributed by atoms with van der Waals surface area (Å²) in [5.74, 6) is -1.87. The van der Waals surface area contributed by atoms with Crippen LogP contribution in [-0.4, -0.2) is 80.1 Å². The molecular weight excluding hydrogens is 286 g/mol. The average molecular weight is 307 g/mol. The summed E-state index contributed by atoms with van der Waals surface area (Å²) in [6, 6.07) is -1.11. The van der Waals surface area contributed by atoms with Gasteiger partial charge < -0.3 is 35.6 Å². The third-order valence-electron chi connectivity index (χ3n) is 3.50. The molecule has 9 heteroatoms. The summed E-state index contributed by atoms with van der Waals surface area (Å²) in [6.07, 6.45) is -6.27. The van der Waals surface area contributed by atoms with E-state index in [1.807, 2.05) is 0 Å². The van der Waals surface area contributed by atoms with Gasteiger partial charge in [-0.25, -0.2) is 4.79 Å². The molecule has 1 rings (SSSR count). The Bertz CT molecular complexity index is 403. The first kappa shape index (κ1) is 17.8. The molecule has 0 aliphatic carbocycles. The van der Waals surface area contributed by atoms with Gasteiger partial charge in [-0.3, -0.25) is 4.79 Å². The molecule has 21 heavy (non-hydrogen) atoms. The van der Waals surface area contributed by atoms with Crippen LogP contribution in [0.2, 0.25) is 0 Å². The number of nitrogens with one attached hydrogen (secondary N) is 1. The molecule has 6 N–H and O–H groups in total. The molecule has 6 atom stereocenters. The first-order valence-electron chi connectivity index (χ1n) is 6.45. The van der Waals surface area contributed by atoms with E-state index in [1.165, 1.54) is 13.8 Å². The van der Waals surface area contributed by atoms with E-state index in [0.29, 0.717) is 0 Å². The molecule has 0 bridgehead atoms. The van der Waals surface area contributed by atoms with Crippen LogP contribution in [0.25, 0.3) is 0 Å². The van der Waals surface area contributed by atoms with E-state index in [0.717, 1.165) is 0 Å². The zero-order chi connectivity index (χ0) is 16.4. The largest absolute Gasteiger partial charge is 0.479 e. The molecule has 0 aromatic heterocycles. The van der Waals surface area contributed by atoms with Gasteiger partial charge in [-0.15, -0.1) is 0 Å². The molecule has 9 nitrogen and oxygen atoms in total. The standard InChI is InChI=1S/C12H21NO8/c1-5(15)13-8-6(16)3-12(2,11(19)20)21-10(8)9(18)7(17)4-14/h6-10,14,16-18H,3-4H2,1-2H3,(H,13,15)(H,19,20)/t6-,7-,8?,9-,10?,12-/m1/s1. The van der Waals surface area contributed by atoms with Gasteiger partial charge in [0.05, 0.1) is 18.8 Å². The lowest BCUT2D eigenvalue weighted by atomic mass is 9.84. The molecule has 1 aliphatic rings. The van der Waals surface area contributed by atoms with Crippen molar-refractivity contribution in [2.75, 3.05) is 6.61 Å². The van der Waals surface area contributed by atoms with E-state index < -0.39 is 54.5 Å². The van der Waals surface area contributed by atoms with Crippen molar-refractivity contribution in [3.63, 3.8) is 0 Å². The minimum atomic E-state index is -1.78. The van der Waals surface area contributed by atoms with Gasteiger partial charge in [0.1, 0.15) is 18.3 Å². The van der Waals surface area contributed by atoms with E-state index >= 15 is 0 Å². The summed E-state index contributed by atoms with van der Waals surface area (Å²) >= 11 is 0. The Balaban J connectivity index is 3.07. The Morgan fingerprint density at radius 1 is 1.43 bits per heavy atom. The van der Waals surface area contributed by atoms with Crippen LogP contribution in [0.3, 0.4) is 0 Å². The number of aliphatic hydroxyl groups excluding tert-OH is 4. The number of carboxylic acid groups (broad SMARTS) is 1. The summed E-state index contributed by atoms with van der Waals surface area (Å²) < 4.78 is 5.31. The molecule has 0 aromatic rings. The van der Waals surface area contributed by atoms with Gasteiger partial charge in [0.2, 0.25) is 5.91 Å². The molecule has 0 radical (unpaired) electrons. The number of carbonyl (C=O) groups excluding carboxylic acids is 1. The van der Waals surface area contributed by atoms with Gasteiger partial charge in [0.25, 0.3) is 0 Å². The first-order chi connectivity index (χ1) is 9.62. The Kier molecular flexibility index (Phi) is 5.65. The Morgan fingerprint density at radius 3 is 2.43 bits per heavy atom. The molecule has 2 unspecified atom stereocenters. The van der Waals surface area contributed by atoms with Crippen LogP contribution < -0.4 is 5.32 Å². The fourth-order valence-electron chi connectivity index (χ4n) is 2.33. The van der Waals surface area contributed by atoms with Crippen molar-refractivity contribution < 1.29 is 39.9 Å². The van der Waals surface area contributed by atoms with Crippen LogP contribution in [0.15, 0.2) is 0 Å². The Labute approximate surface area is 121 Å². The summed E-state index contributed by atoms with van der Waals surface area (Å²) in [5, 5.41) is 49.9. The van der Waals surface area contributed by atoms with Crippen molar-refractivity contribution in [3.8, 4) is 0 Å². The molecule has 0 saturated carbocycles. The topological polar surface area (TPSA) is 157 Å². The number of carboxylic acids is 1. The van der Waals surface area contributed by atoms with Gasteiger partial charge >= 0.3 is 5.97 Å². The van der Waals surface area contributed by atoms with E-state index in [9.17, 15) is 24.9 Å². The van der Waals surface area contributed by atoms with Crippen molar-refractivity contribution in [1.29, 1.82) is 0 Å². The molecule has 1 aliphatic heterocycles. The maximum absolute atomic E-state index is 11.2. The van der Waals surface area contributed by atoms with E-state index in [1.54, 1.807) is 0 Å². The molecule has 1 fully saturated rings.